The van der Waals surface area contributed by atoms with Crippen LogP contribution >= 0.6 is 0 Å². The van der Waals surface area contributed by atoms with E-state index in [0.717, 1.165) is 37.6 Å². The first-order valence-corrected chi connectivity index (χ1v) is 20.0. The van der Waals surface area contributed by atoms with Crippen molar-refractivity contribution in [1.82, 2.24) is 0 Å². The van der Waals surface area contributed by atoms with E-state index in [1.165, 1.54) is 64.2 Å². The molecule has 0 heterocycles. The van der Waals surface area contributed by atoms with E-state index in [9.17, 15) is 10.2 Å². The molecule has 0 saturated heterocycles. The molecule has 0 aromatic heterocycles. The van der Waals surface area contributed by atoms with Gasteiger partial charge in [-0.05, 0) is 104 Å². The second-order valence-corrected chi connectivity index (χ2v) is 13.5. The van der Waals surface area contributed by atoms with Crippen LogP contribution in [0.1, 0.15) is 108 Å². The van der Waals surface area contributed by atoms with E-state index in [4.69, 9.17) is 9.47 Å². The molecule has 55 heavy (non-hydrogen) atoms. The Morgan fingerprint density at radius 2 is 0.800 bits per heavy atom. The maximum Gasteiger partial charge on any atom is 0.124 e. The summed E-state index contributed by atoms with van der Waals surface area (Å²) in [5, 5.41) is 38.0. The van der Waals surface area contributed by atoms with Gasteiger partial charge in [-0.15, -0.1) is 0 Å². The Kier molecular flexibility index (Phi) is 19.7. The van der Waals surface area contributed by atoms with E-state index in [1.807, 2.05) is 48.5 Å². The van der Waals surface area contributed by atoms with E-state index in [-0.39, 0.29) is 11.5 Å². The average molecular weight is 747 g/mol. The number of rotatable bonds is 26. The molecule has 4 rings (SSSR count). The van der Waals surface area contributed by atoms with Gasteiger partial charge in [0.15, 0.2) is 0 Å². The number of ether oxygens (including phenoxy) is 2. The fourth-order valence-electron chi connectivity index (χ4n) is 5.59. The minimum Gasteiger partial charge on any atom is -0.507 e. The number of hydrogen-bond donors (Lipinski definition) is 2. The molecule has 2 N–H and O–H groups in total. The van der Waals surface area contributed by atoms with Gasteiger partial charge in [-0.25, -0.2) is 0 Å². The number of aromatic hydroxyl groups is 2. The summed E-state index contributed by atoms with van der Waals surface area (Å²) < 4.78 is 11.7. The summed E-state index contributed by atoms with van der Waals surface area (Å²) in [6.07, 6.45) is 18.7. The molecule has 0 spiro atoms. The molecular weight excluding hydrogens is 689 g/mol. The Morgan fingerprint density at radius 3 is 1.22 bits per heavy atom. The number of azo groups is 2. The van der Waals surface area contributed by atoms with Gasteiger partial charge in [0.2, 0.25) is 0 Å². The molecule has 292 valence electrons. The number of benzene rings is 4. The predicted octanol–water partition coefficient (Wildman–Crippen LogP) is 13.3. The van der Waals surface area contributed by atoms with Crippen LogP contribution in [0.3, 0.4) is 0 Å². The smallest absolute Gasteiger partial charge is 0.124 e. The number of aliphatic imine (C=N–C) groups is 2. The van der Waals surface area contributed by atoms with Crippen molar-refractivity contribution in [1.29, 1.82) is 0 Å². The average Bonchev–Trinajstić information content (AvgIpc) is 3.21. The summed E-state index contributed by atoms with van der Waals surface area (Å²) in [4.78, 5) is 8.91. The topological polar surface area (TPSA) is 133 Å². The van der Waals surface area contributed by atoms with Crippen LogP contribution in [0.25, 0.3) is 0 Å². The van der Waals surface area contributed by atoms with Gasteiger partial charge in [-0.2, -0.15) is 20.5 Å². The Balaban J connectivity index is 1.17. The maximum atomic E-state index is 10.3. The van der Waals surface area contributed by atoms with Crippen molar-refractivity contribution in [2.75, 3.05) is 26.3 Å². The molecule has 0 atom stereocenters. The lowest BCUT2D eigenvalue weighted by Gasteiger charge is -2.06. The summed E-state index contributed by atoms with van der Waals surface area (Å²) in [6, 6.07) is 25.2. The third-order valence-corrected chi connectivity index (χ3v) is 8.83. The second-order valence-electron chi connectivity index (χ2n) is 13.5. The first-order valence-electron chi connectivity index (χ1n) is 20.0. The molecule has 10 nitrogen and oxygen atoms in total. The van der Waals surface area contributed by atoms with Crippen molar-refractivity contribution < 1.29 is 19.7 Å². The van der Waals surface area contributed by atoms with Gasteiger partial charge in [-0.3, -0.25) is 9.98 Å². The van der Waals surface area contributed by atoms with Gasteiger partial charge >= 0.3 is 0 Å². The van der Waals surface area contributed by atoms with E-state index in [2.05, 4.69) is 44.3 Å². The van der Waals surface area contributed by atoms with E-state index in [0.29, 0.717) is 53.4 Å². The summed E-state index contributed by atoms with van der Waals surface area (Å²) in [5.74, 6) is 1.89. The maximum absolute atomic E-state index is 10.3. The number of phenolic OH excluding ortho intramolecular Hbond substituents is 2. The molecule has 0 aliphatic heterocycles. The van der Waals surface area contributed by atoms with Crippen LogP contribution in [-0.4, -0.2) is 48.9 Å². The van der Waals surface area contributed by atoms with Crippen molar-refractivity contribution in [2.24, 2.45) is 30.4 Å². The Labute approximate surface area is 327 Å². The zero-order valence-corrected chi connectivity index (χ0v) is 32.7. The normalized spacial score (nSPS) is 11.8. The fraction of sp³-hybridized carbons (Fsp3) is 0.422. The SMILES string of the molecule is CCCCCCCCOc1ccc(N=Nc2ccc(O)c(C=NCCCN=Cc3cc(N=Nc4ccc(OCCCCCCCC)cc4)ccc3O)c2)cc1. The first-order chi connectivity index (χ1) is 27.0. The van der Waals surface area contributed by atoms with Crippen LogP contribution in [0.15, 0.2) is 115 Å². The molecule has 0 saturated carbocycles. The van der Waals surface area contributed by atoms with Crippen molar-refractivity contribution in [3.05, 3.63) is 96.1 Å². The molecule has 0 unspecified atom stereocenters. The lowest BCUT2D eigenvalue weighted by atomic mass is 10.1. The van der Waals surface area contributed by atoms with E-state index < -0.39 is 0 Å². The van der Waals surface area contributed by atoms with Crippen molar-refractivity contribution in [2.45, 2.75) is 97.3 Å². The minimum atomic E-state index is 0.116. The minimum absolute atomic E-state index is 0.116. The second kappa shape index (κ2) is 25.6. The molecule has 0 amide bonds. The predicted molar refractivity (Wildman–Crippen MR) is 225 cm³/mol. The quantitative estimate of drug-likeness (QED) is 0.0376. The highest BCUT2D eigenvalue weighted by atomic mass is 16.5. The van der Waals surface area contributed by atoms with Gasteiger partial charge < -0.3 is 19.7 Å². The van der Waals surface area contributed by atoms with Crippen LogP contribution < -0.4 is 9.47 Å². The lowest BCUT2D eigenvalue weighted by molar-refractivity contribution is 0.304. The number of hydrogen-bond acceptors (Lipinski definition) is 10. The molecule has 0 bridgehead atoms. The zero-order chi connectivity index (χ0) is 38.8. The molecule has 0 aliphatic rings. The number of unbranched alkanes of at least 4 members (excludes halogenated alkanes) is 10. The molecule has 4 aromatic rings. The molecule has 0 fully saturated rings. The first kappa shape index (κ1) is 42.4. The number of phenols is 2. The highest BCUT2D eigenvalue weighted by Gasteiger charge is 2.03. The zero-order valence-electron chi connectivity index (χ0n) is 32.7. The van der Waals surface area contributed by atoms with Crippen LogP contribution in [-0.2, 0) is 0 Å². The van der Waals surface area contributed by atoms with Crippen molar-refractivity contribution in [3.8, 4) is 23.0 Å². The highest BCUT2D eigenvalue weighted by Crippen LogP contribution is 2.27. The molecule has 10 heteroatoms. The van der Waals surface area contributed by atoms with Gasteiger partial charge in [0.05, 0.1) is 36.0 Å². The molecule has 0 radical (unpaired) electrons. The third-order valence-electron chi connectivity index (χ3n) is 8.83. The van der Waals surface area contributed by atoms with Gasteiger partial charge in [0.1, 0.15) is 23.0 Å². The summed E-state index contributed by atoms with van der Waals surface area (Å²) in [7, 11) is 0. The monoisotopic (exact) mass is 746 g/mol. The van der Waals surface area contributed by atoms with E-state index in [1.54, 1.807) is 48.8 Å². The lowest BCUT2D eigenvalue weighted by Crippen LogP contribution is -1.96. The standard InChI is InChI=1S/C45H58N6O4/c1-3-5-7-9-11-13-30-54-42-22-16-38(17-23-42)48-50-40-20-26-44(52)36(32-40)34-46-28-15-29-47-35-37-33-41(21-27-45(37)53)51-49-39-18-24-43(25-19-39)55-31-14-12-10-8-6-4-2/h16-27,32-35,52-53H,3-15,28-31H2,1-2H3. The fourth-order valence-corrected chi connectivity index (χ4v) is 5.59. The van der Waals surface area contributed by atoms with Crippen molar-refractivity contribution >= 4 is 35.2 Å². The Morgan fingerprint density at radius 1 is 0.436 bits per heavy atom. The number of nitrogens with zero attached hydrogens (tertiary/aromatic N) is 6. The summed E-state index contributed by atoms with van der Waals surface area (Å²) in [5.41, 5.74) is 3.76. The van der Waals surface area contributed by atoms with Crippen LogP contribution in [0.4, 0.5) is 22.7 Å². The molecule has 4 aromatic carbocycles. The molecular formula is C45H58N6O4. The summed E-state index contributed by atoms with van der Waals surface area (Å²) >= 11 is 0. The van der Waals surface area contributed by atoms with Crippen LogP contribution in [0.2, 0.25) is 0 Å². The van der Waals surface area contributed by atoms with Crippen molar-refractivity contribution in [3.63, 3.8) is 0 Å². The van der Waals surface area contributed by atoms with Gasteiger partial charge in [0, 0.05) is 36.6 Å². The van der Waals surface area contributed by atoms with Gasteiger partial charge in [0.25, 0.3) is 0 Å². The van der Waals surface area contributed by atoms with E-state index >= 15 is 0 Å². The summed E-state index contributed by atoms with van der Waals surface area (Å²) in [6.45, 7) is 6.92. The van der Waals surface area contributed by atoms with Crippen LogP contribution in [0, 0.1) is 0 Å². The van der Waals surface area contributed by atoms with Gasteiger partial charge in [-0.1, -0.05) is 78.1 Å². The highest BCUT2D eigenvalue weighted by molar-refractivity contribution is 5.85. The largest absolute Gasteiger partial charge is 0.507 e. The Bertz CT molecular complexity index is 1660. The third kappa shape index (κ3) is 17.1. The van der Waals surface area contributed by atoms with Crippen LogP contribution in [0.5, 0.6) is 23.0 Å². The molecule has 0 aliphatic carbocycles. The Hall–Kier alpha value is -5.38.